The zero-order valence-corrected chi connectivity index (χ0v) is 9.62. The zero-order chi connectivity index (χ0) is 10.6. The van der Waals surface area contributed by atoms with Gasteiger partial charge in [0.15, 0.2) is 0 Å². The minimum atomic E-state index is -0.349. The van der Waals surface area contributed by atoms with Gasteiger partial charge < -0.3 is 15.6 Å². The topological polar surface area (TPSA) is 55.5 Å². The van der Waals surface area contributed by atoms with Crippen molar-refractivity contribution in [2.45, 2.75) is 12.6 Å². The lowest BCUT2D eigenvalue weighted by atomic mass is 10.0. The number of aliphatic hydroxyl groups is 1. The van der Waals surface area contributed by atoms with E-state index in [2.05, 4.69) is 15.9 Å². The number of nitrogens with two attached hydrogens (primary N) is 1. The van der Waals surface area contributed by atoms with Crippen molar-refractivity contribution in [2.24, 2.45) is 5.73 Å². The monoisotopic (exact) mass is 259 g/mol. The maximum atomic E-state index is 8.99. The Morgan fingerprint density at radius 2 is 2.29 bits per heavy atom. The summed E-state index contributed by atoms with van der Waals surface area (Å²) in [6, 6.07) is 5.44. The van der Waals surface area contributed by atoms with Crippen LogP contribution < -0.4 is 5.73 Å². The van der Waals surface area contributed by atoms with E-state index < -0.39 is 0 Å². The fourth-order valence-corrected chi connectivity index (χ4v) is 1.68. The highest BCUT2D eigenvalue weighted by Gasteiger charge is 2.10. The van der Waals surface area contributed by atoms with E-state index in [1.54, 1.807) is 7.11 Å². The Bertz CT molecular complexity index is 304. The predicted molar refractivity (Wildman–Crippen MR) is 58.9 cm³/mol. The first-order valence-corrected chi connectivity index (χ1v) is 5.12. The third-order valence-electron chi connectivity index (χ3n) is 2.00. The molecule has 0 aliphatic rings. The molecule has 1 aromatic rings. The third-order valence-corrected chi connectivity index (χ3v) is 2.50. The van der Waals surface area contributed by atoms with Gasteiger partial charge in [-0.3, -0.25) is 0 Å². The third kappa shape index (κ3) is 2.78. The minimum Gasteiger partial charge on any atom is -0.394 e. The normalized spacial score (nSPS) is 12.9. The van der Waals surface area contributed by atoms with E-state index in [0.29, 0.717) is 6.61 Å². The maximum absolute atomic E-state index is 8.99. The van der Waals surface area contributed by atoms with Crippen LogP contribution in [0.4, 0.5) is 0 Å². The first-order chi connectivity index (χ1) is 6.69. The molecule has 0 fully saturated rings. The van der Waals surface area contributed by atoms with E-state index in [0.717, 1.165) is 15.6 Å². The molecule has 1 aromatic carbocycles. The van der Waals surface area contributed by atoms with E-state index in [1.165, 1.54) is 0 Å². The molecular formula is C10H14BrNO2. The van der Waals surface area contributed by atoms with Crippen molar-refractivity contribution in [3.05, 3.63) is 33.8 Å². The largest absolute Gasteiger partial charge is 0.394 e. The Balaban J connectivity index is 3.02. The van der Waals surface area contributed by atoms with Gasteiger partial charge in [-0.15, -0.1) is 0 Å². The van der Waals surface area contributed by atoms with Gasteiger partial charge in [0, 0.05) is 11.6 Å². The second-order valence-corrected chi connectivity index (χ2v) is 3.98. The number of aliphatic hydroxyl groups excluding tert-OH is 1. The Labute approximate surface area is 92.0 Å². The standard InChI is InChI=1S/C10H14BrNO2/c1-14-6-7-2-3-8(11)4-9(7)10(12)5-13/h2-4,10,13H,5-6,12H2,1H3. The van der Waals surface area contributed by atoms with Gasteiger partial charge in [0.2, 0.25) is 0 Å². The SMILES string of the molecule is COCc1ccc(Br)cc1C(N)CO. The number of hydrogen-bond acceptors (Lipinski definition) is 3. The summed E-state index contributed by atoms with van der Waals surface area (Å²) in [6.45, 7) is 0.448. The van der Waals surface area contributed by atoms with Crippen LogP contribution >= 0.6 is 15.9 Å². The summed E-state index contributed by atoms with van der Waals surface area (Å²) in [7, 11) is 1.64. The molecular weight excluding hydrogens is 246 g/mol. The van der Waals surface area contributed by atoms with Crippen LogP contribution in [0.1, 0.15) is 17.2 Å². The first-order valence-electron chi connectivity index (χ1n) is 4.32. The van der Waals surface area contributed by atoms with Gasteiger partial charge in [-0.25, -0.2) is 0 Å². The molecule has 3 N–H and O–H groups in total. The van der Waals surface area contributed by atoms with Crippen molar-refractivity contribution in [1.29, 1.82) is 0 Å². The summed E-state index contributed by atoms with van der Waals surface area (Å²) in [5.74, 6) is 0. The molecule has 0 aromatic heterocycles. The molecule has 0 radical (unpaired) electrons. The van der Waals surface area contributed by atoms with Crippen LogP contribution in [0.3, 0.4) is 0 Å². The number of ether oxygens (including phenoxy) is 1. The van der Waals surface area contributed by atoms with Gasteiger partial charge in [-0.1, -0.05) is 22.0 Å². The molecule has 0 aliphatic heterocycles. The Morgan fingerprint density at radius 1 is 1.57 bits per heavy atom. The Hall–Kier alpha value is -0.420. The molecule has 78 valence electrons. The van der Waals surface area contributed by atoms with E-state index >= 15 is 0 Å². The molecule has 1 rings (SSSR count). The predicted octanol–water partition coefficient (Wildman–Crippen LogP) is 1.59. The van der Waals surface area contributed by atoms with Crippen LogP contribution in [0.15, 0.2) is 22.7 Å². The smallest absolute Gasteiger partial charge is 0.0716 e. The van der Waals surface area contributed by atoms with E-state index in [1.807, 2.05) is 18.2 Å². The van der Waals surface area contributed by atoms with Crippen molar-refractivity contribution < 1.29 is 9.84 Å². The van der Waals surface area contributed by atoms with Crippen molar-refractivity contribution in [2.75, 3.05) is 13.7 Å². The second kappa shape index (κ2) is 5.46. The summed E-state index contributed by atoms with van der Waals surface area (Å²) < 4.78 is 6.01. The van der Waals surface area contributed by atoms with Crippen LogP contribution in [-0.4, -0.2) is 18.8 Å². The lowest BCUT2D eigenvalue weighted by Gasteiger charge is -2.14. The number of benzene rings is 1. The van der Waals surface area contributed by atoms with Crippen molar-refractivity contribution in [3.63, 3.8) is 0 Å². The molecule has 0 spiro atoms. The summed E-state index contributed by atoms with van der Waals surface area (Å²) in [4.78, 5) is 0. The van der Waals surface area contributed by atoms with Gasteiger partial charge in [0.25, 0.3) is 0 Å². The summed E-state index contributed by atoms with van der Waals surface area (Å²) in [5.41, 5.74) is 7.70. The van der Waals surface area contributed by atoms with Gasteiger partial charge in [-0.05, 0) is 23.3 Å². The molecule has 1 unspecified atom stereocenters. The molecule has 1 atom stereocenters. The lowest BCUT2D eigenvalue weighted by molar-refractivity contribution is 0.182. The zero-order valence-electron chi connectivity index (χ0n) is 8.03. The maximum Gasteiger partial charge on any atom is 0.0716 e. The number of hydrogen-bond donors (Lipinski definition) is 2. The average Bonchev–Trinajstić information content (AvgIpc) is 2.20. The summed E-state index contributed by atoms with van der Waals surface area (Å²) in [6.07, 6.45) is 0. The summed E-state index contributed by atoms with van der Waals surface area (Å²) in [5, 5.41) is 8.99. The van der Waals surface area contributed by atoms with Gasteiger partial charge in [0.05, 0.1) is 19.3 Å². The highest BCUT2D eigenvalue weighted by atomic mass is 79.9. The van der Waals surface area contributed by atoms with E-state index in [4.69, 9.17) is 15.6 Å². The fraction of sp³-hybridized carbons (Fsp3) is 0.400. The van der Waals surface area contributed by atoms with Crippen molar-refractivity contribution in [3.8, 4) is 0 Å². The number of methoxy groups -OCH3 is 1. The van der Waals surface area contributed by atoms with Crippen LogP contribution in [0, 0.1) is 0 Å². The fourth-order valence-electron chi connectivity index (χ4n) is 1.30. The Kier molecular flexibility index (Phi) is 4.54. The van der Waals surface area contributed by atoms with E-state index in [-0.39, 0.29) is 12.6 Å². The van der Waals surface area contributed by atoms with Gasteiger partial charge >= 0.3 is 0 Å². The minimum absolute atomic E-state index is 0.0623. The highest BCUT2D eigenvalue weighted by molar-refractivity contribution is 9.10. The van der Waals surface area contributed by atoms with Crippen molar-refractivity contribution in [1.82, 2.24) is 0 Å². The molecule has 4 heteroatoms. The van der Waals surface area contributed by atoms with Gasteiger partial charge in [-0.2, -0.15) is 0 Å². The average molecular weight is 260 g/mol. The molecule has 3 nitrogen and oxygen atoms in total. The molecule has 0 bridgehead atoms. The van der Waals surface area contributed by atoms with Crippen LogP contribution in [-0.2, 0) is 11.3 Å². The highest BCUT2D eigenvalue weighted by Crippen LogP contribution is 2.21. The quantitative estimate of drug-likeness (QED) is 0.864. The van der Waals surface area contributed by atoms with Crippen LogP contribution in [0.2, 0.25) is 0 Å². The lowest BCUT2D eigenvalue weighted by Crippen LogP contribution is -2.16. The van der Waals surface area contributed by atoms with Crippen LogP contribution in [0.25, 0.3) is 0 Å². The molecule has 0 saturated carbocycles. The molecule has 0 saturated heterocycles. The molecule has 0 aliphatic carbocycles. The molecule has 0 heterocycles. The summed E-state index contributed by atoms with van der Waals surface area (Å²) >= 11 is 3.37. The molecule has 14 heavy (non-hydrogen) atoms. The van der Waals surface area contributed by atoms with Gasteiger partial charge in [0.1, 0.15) is 0 Å². The Morgan fingerprint density at radius 3 is 2.86 bits per heavy atom. The van der Waals surface area contributed by atoms with E-state index in [9.17, 15) is 0 Å². The number of rotatable bonds is 4. The number of halogens is 1. The van der Waals surface area contributed by atoms with Crippen molar-refractivity contribution >= 4 is 15.9 Å². The molecule has 0 amide bonds. The second-order valence-electron chi connectivity index (χ2n) is 3.07. The first kappa shape index (κ1) is 11.7. The van der Waals surface area contributed by atoms with Crippen LogP contribution in [0.5, 0.6) is 0 Å².